The monoisotopic (exact) mass is 311 g/mol. The molecular weight excluding hydrogens is 286 g/mol. The zero-order valence-corrected chi connectivity index (χ0v) is 13.4. The summed E-state index contributed by atoms with van der Waals surface area (Å²) in [5, 5.41) is 0. The van der Waals surface area contributed by atoms with E-state index in [9.17, 15) is 8.42 Å². The molecule has 118 valence electrons. The van der Waals surface area contributed by atoms with Gasteiger partial charge >= 0.3 is 0 Å². The molecule has 1 saturated heterocycles. The molecule has 6 heteroatoms. The van der Waals surface area contributed by atoms with Crippen molar-refractivity contribution in [3.8, 4) is 0 Å². The van der Waals surface area contributed by atoms with Crippen LogP contribution in [-0.4, -0.2) is 39.5 Å². The fourth-order valence-corrected chi connectivity index (χ4v) is 4.05. The van der Waals surface area contributed by atoms with Crippen LogP contribution in [0.3, 0.4) is 0 Å². The number of likely N-dealkylation sites (tertiary alicyclic amines) is 1. The third-order valence-electron chi connectivity index (χ3n) is 4.09. The van der Waals surface area contributed by atoms with Crippen LogP contribution in [0.4, 0.5) is 0 Å². The minimum Gasteiger partial charge on any atom is -0.326 e. The van der Waals surface area contributed by atoms with Crippen LogP contribution in [-0.2, 0) is 22.3 Å². The molecule has 0 aliphatic carbocycles. The summed E-state index contributed by atoms with van der Waals surface area (Å²) in [7, 11) is -3.30. The van der Waals surface area contributed by atoms with Gasteiger partial charge in [-0.15, -0.1) is 0 Å². The summed E-state index contributed by atoms with van der Waals surface area (Å²) in [4.78, 5) is 2.35. The molecule has 0 saturated carbocycles. The quantitative estimate of drug-likeness (QED) is 0.785. The number of nitrogens with zero attached hydrogens (tertiary/aromatic N) is 1. The molecule has 1 aromatic rings. The van der Waals surface area contributed by atoms with E-state index in [4.69, 9.17) is 5.73 Å². The van der Waals surface area contributed by atoms with Crippen molar-refractivity contribution in [1.29, 1.82) is 0 Å². The second kappa shape index (κ2) is 7.35. The Morgan fingerprint density at radius 1 is 1.33 bits per heavy atom. The van der Waals surface area contributed by atoms with E-state index in [2.05, 4.69) is 16.5 Å². The van der Waals surface area contributed by atoms with Crippen molar-refractivity contribution in [3.05, 3.63) is 35.4 Å². The van der Waals surface area contributed by atoms with Gasteiger partial charge in [0.15, 0.2) is 0 Å². The fraction of sp³-hybridized carbons (Fsp3) is 0.600. The molecule has 0 amide bonds. The van der Waals surface area contributed by atoms with Crippen molar-refractivity contribution >= 4 is 10.0 Å². The van der Waals surface area contributed by atoms with E-state index in [1.807, 2.05) is 24.3 Å². The van der Waals surface area contributed by atoms with Gasteiger partial charge < -0.3 is 10.6 Å². The number of hydrogen-bond donors (Lipinski definition) is 2. The molecule has 1 unspecified atom stereocenters. The first kappa shape index (κ1) is 16.4. The molecule has 1 aromatic carbocycles. The second-order valence-corrected chi connectivity index (χ2v) is 7.44. The first-order chi connectivity index (χ1) is 10.0. The number of benzene rings is 1. The van der Waals surface area contributed by atoms with Crippen LogP contribution in [0.5, 0.6) is 0 Å². The minimum atomic E-state index is -3.30. The average molecular weight is 311 g/mol. The Balaban J connectivity index is 1.90. The van der Waals surface area contributed by atoms with E-state index in [-0.39, 0.29) is 5.75 Å². The number of nitrogens with two attached hydrogens (primary N) is 1. The van der Waals surface area contributed by atoms with E-state index in [0.717, 1.165) is 37.2 Å². The Kier molecular flexibility index (Phi) is 5.75. The maximum atomic E-state index is 12.2. The Bertz CT molecular complexity index is 560. The molecule has 21 heavy (non-hydrogen) atoms. The lowest BCUT2D eigenvalue weighted by Crippen LogP contribution is -2.32. The molecule has 1 fully saturated rings. The Morgan fingerprint density at radius 2 is 2.05 bits per heavy atom. The summed E-state index contributed by atoms with van der Waals surface area (Å²) in [6, 6.07) is 7.43. The van der Waals surface area contributed by atoms with Crippen LogP contribution in [0.15, 0.2) is 24.3 Å². The first-order valence-corrected chi connectivity index (χ1v) is 9.16. The smallest absolute Gasteiger partial charge is 0.215 e. The van der Waals surface area contributed by atoms with Crippen LogP contribution < -0.4 is 10.5 Å². The van der Waals surface area contributed by atoms with Crippen molar-refractivity contribution in [2.24, 2.45) is 11.7 Å². The highest BCUT2D eigenvalue weighted by Gasteiger charge is 2.23. The number of sulfonamides is 1. The topological polar surface area (TPSA) is 75.4 Å². The molecule has 1 aliphatic heterocycles. The molecule has 0 radical (unpaired) electrons. The molecule has 1 aliphatic rings. The molecule has 2 rings (SSSR count). The number of hydrogen-bond acceptors (Lipinski definition) is 4. The molecule has 0 bridgehead atoms. The minimum absolute atomic E-state index is 0.00455. The zero-order chi connectivity index (χ0) is 15.3. The largest absolute Gasteiger partial charge is 0.326 e. The molecule has 0 spiro atoms. The second-order valence-electron chi connectivity index (χ2n) is 5.63. The van der Waals surface area contributed by atoms with Gasteiger partial charge in [-0.25, -0.2) is 13.1 Å². The third-order valence-corrected chi connectivity index (χ3v) is 5.39. The van der Waals surface area contributed by atoms with E-state index >= 15 is 0 Å². The van der Waals surface area contributed by atoms with Crippen molar-refractivity contribution in [2.45, 2.75) is 25.6 Å². The zero-order valence-electron chi connectivity index (χ0n) is 12.6. The molecule has 0 aromatic heterocycles. The SMILES string of the molecule is CCN1CCC(CNS(=O)(=O)Cc2ccccc2CN)C1. The van der Waals surface area contributed by atoms with Crippen LogP contribution in [0, 0.1) is 5.92 Å². The lowest BCUT2D eigenvalue weighted by Gasteiger charge is -2.14. The van der Waals surface area contributed by atoms with Crippen molar-refractivity contribution < 1.29 is 8.42 Å². The highest BCUT2D eigenvalue weighted by molar-refractivity contribution is 7.88. The summed E-state index contributed by atoms with van der Waals surface area (Å²) in [6.45, 7) is 6.12. The summed E-state index contributed by atoms with van der Waals surface area (Å²) in [6.07, 6.45) is 1.07. The first-order valence-electron chi connectivity index (χ1n) is 7.50. The predicted octanol–water partition coefficient (Wildman–Crippen LogP) is 0.907. The highest BCUT2D eigenvalue weighted by Crippen LogP contribution is 2.16. The van der Waals surface area contributed by atoms with Crippen LogP contribution in [0.25, 0.3) is 0 Å². The van der Waals surface area contributed by atoms with Crippen molar-refractivity contribution in [1.82, 2.24) is 9.62 Å². The Morgan fingerprint density at radius 3 is 2.67 bits per heavy atom. The Labute approximate surface area is 127 Å². The van der Waals surface area contributed by atoms with Crippen LogP contribution in [0.1, 0.15) is 24.5 Å². The van der Waals surface area contributed by atoms with Crippen LogP contribution in [0.2, 0.25) is 0 Å². The van der Waals surface area contributed by atoms with Gasteiger partial charge in [0.1, 0.15) is 0 Å². The van der Waals surface area contributed by atoms with Gasteiger partial charge in [-0.05, 0) is 36.6 Å². The molecule has 1 heterocycles. The highest BCUT2D eigenvalue weighted by atomic mass is 32.2. The molecule has 1 atom stereocenters. The maximum Gasteiger partial charge on any atom is 0.215 e. The van der Waals surface area contributed by atoms with Crippen molar-refractivity contribution in [3.63, 3.8) is 0 Å². The van der Waals surface area contributed by atoms with Gasteiger partial charge in [-0.1, -0.05) is 31.2 Å². The molecule has 3 N–H and O–H groups in total. The van der Waals surface area contributed by atoms with Gasteiger partial charge in [0.25, 0.3) is 0 Å². The predicted molar refractivity (Wildman–Crippen MR) is 85.2 cm³/mol. The van der Waals surface area contributed by atoms with E-state index in [1.54, 1.807) is 0 Å². The lowest BCUT2D eigenvalue weighted by atomic mass is 10.1. The maximum absolute atomic E-state index is 12.2. The summed E-state index contributed by atoms with van der Waals surface area (Å²) in [5.41, 5.74) is 7.33. The number of nitrogens with one attached hydrogen (secondary N) is 1. The molecular formula is C15H25N3O2S. The van der Waals surface area contributed by atoms with Gasteiger partial charge in [0.2, 0.25) is 10.0 Å². The summed E-state index contributed by atoms with van der Waals surface area (Å²) in [5.74, 6) is 0.425. The van der Waals surface area contributed by atoms with Gasteiger partial charge in [0.05, 0.1) is 5.75 Å². The normalized spacial score (nSPS) is 20.0. The van der Waals surface area contributed by atoms with Gasteiger partial charge in [-0.3, -0.25) is 0 Å². The van der Waals surface area contributed by atoms with Crippen molar-refractivity contribution in [2.75, 3.05) is 26.2 Å². The average Bonchev–Trinajstić information content (AvgIpc) is 2.93. The third kappa shape index (κ3) is 4.78. The van der Waals surface area contributed by atoms with E-state index in [1.165, 1.54) is 0 Å². The van der Waals surface area contributed by atoms with E-state index in [0.29, 0.717) is 19.0 Å². The van der Waals surface area contributed by atoms with Gasteiger partial charge in [0, 0.05) is 19.6 Å². The van der Waals surface area contributed by atoms with E-state index < -0.39 is 10.0 Å². The summed E-state index contributed by atoms with van der Waals surface area (Å²) < 4.78 is 27.2. The summed E-state index contributed by atoms with van der Waals surface area (Å²) >= 11 is 0. The molecule has 5 nitrogen and oxygen atoms in total. The van der Waals surface area contributed by atoms with Crippen LogP contribution >= 0.6 is 0 Å². The lowest BCUT2D eigenvalue weighted by molar-refractivity contribution is 0.342. The standard InChI is InChI=1S/C15H25N3O2S/c1-2-18-8-7-13(11-18)10-17-21(19,20)12-15-6-4-3-5-14(15)9-16/h3-6,13,17H,2,7-12,16H2,1H3. The van der Waals surface area contributed by atoms with Gasteiger partial charge in [-0.2, -0.15) is 0 Å². The Hall–Kier alpha value is -0.950. The fourth-order valence-electron chi connectivity index (χ4n) is 2.76. The number of rotatable bonds is 7.